The highest BCUT2D eigenvalue weighted by molar-refractivity contribution is 5.82. The Labute approximate surface area is 121 Å². The molecule has 2 N–H and O–H groups in total. The Balaban J connectivity index is 2.56. The lowest BCUT2D eigenvalue weighted by Gasteiger charge is -2.34. The minimum absolute atomic E-state index is 0.229. The summed E-state index contributed by atoms with van der Waals surface area (Å²) in [6.45, 7) is 6.11. The van der Waals surface area contributed by atoms with E-state index < -0.39 is 12.0 Å². The van der Waals surface area contributed by atoms with Crippen LogP contribution in [0.25, 0.3) is 0 Å². The SMILES string of the molecule is CC(C)C[C@@H](NC(=O)N(C)C1CCCC(C)C1)C(=O)O. The number of carbonyl (C=O) groups is 2. The van der Waals surface area contributed by atoms with Gasteiger partial charge >= 0.3 is 12.0 Å². The molecule has 0 bridgehead atoms. The lowest BCUT2D eigenvalue weighted by Crippen LogP contribution is -2.50. The van der Waals surface area contributed by atoms with E-state index in [2.05, 4.69) is 12.2 Å². The van der Waals surface area contributed by atoms with Gasteiger partial charge in [0.15, 0.2) is 0 Å². The molecule has 0 aromatic rings. The number of carbonyl (C=O) groups excluding carboxylic acids is 1. The molecule has 1 fully saturated rings. The molecule has 0 aromatic heterocycles. The van der Waals surface area contributed by atoms with E-state index in [-0.39, 0.29) is 18.0 Å². The predicted octanol–water partition coefficient (Wildman–Crippen LogP) is 2.71. The molecule has 2 unspecified atom stereocenters. The number of rotatable bonds is 5. The van der Waals surface area contributed by atoms with E-state index in [1.165, 1.54) is 6.42 Å². The Morgan fingerprint density at radius 3 is 2.50 bits per heavy atom. The molecule has 1 rings (SSSR count). The summed E-state index contributed by atoms with van der Waals surface area (Å²) in [5.41, 5.74) is 0. The van der Waals surface area contributed by atoms with Crippen LogP contribution >= 0.6 is 0 Å². The van der Waals surface area contributed by atoms with Crippen molar-refractivity contribution < 1.29 is 14.7 Å². The maximum absolute atomic E-state index is 12.2. The van der Waals surface area contributed by atoms with Crippen LogP contribution in [-0.4, -0.2) is 41.1 Å². The number of nitrogens with one attached hydrogen (secondary N) is 1. The molecule has 0 aromatic carbocycles. The van der Waals surface area contributed by atoms with Crippen LogP contribution in [0.3, 0.4) is 0 Å². The monoisotopic (exact) mass is 284 g/mol. The van der Waals surface area contributed by atoms with Crippen molar-refractivity contribution in [2.24, 2.45) is 11.8 Å². The van der Waals surface area contributed by atoms with E-state index in [0.717, 1.165) is 19.3 Å². The first-order chi connectivity index (χ1) is 9.31. The number of carboxylic acids is 1. The van der Waals surface area contributed by atoms with Gasteiger partial charge in [-0.05, 0) is 31.1 Å². The molecule has 0 heterocycles. The van der Waals surface area contributed by atoms with Gasteiger partial charge in [-0.1, -0.05) is 33.6 Å². The molecule has 0 spiro atoms. The summed E-state index contributed by atoms with van der Waals surface area (Å²) in [4.78, 5) is 25.1. The quantitative estimate of drug-likeness (QED) is 0.815. The predicted molar refractivity (Wildman–Crippen MR) is 78.6 cm³/mol. The first-order valence-electron chi connectivity index (χ1n) is 7.57. The van der Waals surface area contributed by atoms with Crippen molar-refractivity contribution in [3.8, 4) is 0 Å². The van der Waals surface area contributed by atoms with Gasteiger partial charge < -0.3 is 15.3 Å². The maximum atomic E-state index is 12.2. The van der Waals surface area contributed by atoms with E-state index in [1.54, 1.807) is 11.9 Å². The highest BCUT2D eigenvalue weighted by atomic mass is 16.4. The molecule has 3 atom stereocenters. The number of hydrogen-bond acceptors (Lipinski definition) is 2. The Morgan fingerprint density at radius 2 is 2.00 bits per heavy atom. The molecule has 5 heteroatoms. The molecule has 1 aliphatic carbocycles. The fourth-order valence-corrected chi connectivity index (χ4v) is 2.86. The molecule has 1 aliphatic rings. The summed E-state index contributed by atoms with van der Waals surface area (Å²) in [5, 5.41) is 11.8. The maximum Gasteiger partial charge on any atom is 0.326 e. The number of amides is 2. The van der Waals surface area contributed by atoms with Gasteiger partial charge in [-0.2, -0.15) is 0 Å². The van der Waals surface area contributed by atoms with Crippen molar-refractivity contribution in [2.45, 2.75) is 65.0 Å². The van der Waals surface area contributed by atoms with Crippen molar-refractivity contribution in [2.75, 3.05) is 7.05 Å². The summed E-state index contributed by atoms with van der Waals surface area (Å²) in [6, 6.07) is -0.838. The van der Waals surface area contributed by atoms with Crippen molar-refractivity contribution in [3.63, 3.8) is 0 Å². The van der Waals surface area contributed by atoms with Gasteiger partial charge in [0.05, 0.1) is 0 Å². The van der Waals surface area contributed by atoms with E-state index in [0.29, 0.717) is 12.3 Å². The third kappa shape index (κ3) is 5.02. The Hall–Kier alpha value is -1.26. The number of hydrogen-bond donors (Lipinski definition) is 2. The lowest BCUT2D eigenvalue weighted by molar-refractivity contribution is -0.139. The second-order valence-corrected chi connectivity index (χ2v) is 6.51. The molecule has 116 valence electrons. The van der Waals surface area contributed by atoms with Crippen molar-refractivity contribution >= 4 is 12.0 Å². The topological polar surface area (TPSA) is 69.6 Å². The fraction of sp³-hybridized carbons (Fsp3) is 0.867. The third-order valence-electron chi connectivity index (χ3n) is 4.08. The average molecular weight is 284 g/mol. The Kier molecular flexibility index (Phi) is 6.30. The van der Waals surface area contributed by atoms with Crippen molar-refractivity contribution in [1.29, 1.82) is 0 Å². The van der Waals surface area contributed by atoms with Crippen molar-refractivity contribution in [3.05, 3.63) is 0 Å². The van der Waals surface area contributed by atoms with Gasteiger partial charge in [-0.25, -0.2) is 9.59 Å². The second-order valence-electron chi connectivity index (χ2n) is 6.51. The van der Waals surface area contributed by atoms with Crippen LogP contribution in [0.2, 0.25) is 0 Å². The van der Waals surface area contributed by atoms with Crippen LogP contribution in [0.5, 0.6) is 0 Å². The number of nitrogens with zero attached hydrogens (tertiary/aromatic N) is 1. The van der Waals surface area contributed by atoms with Gasteiger partial charge in [0, 0.05) is 13.1 Å². The van der Waals surface area contributed by atoms with Crippen LogP contribution in [0.1, 0.15) is 52.9 Å². The number of urea groups is 1. The highest BCUT2D eigenvalue weighted by Gasteiger charge is 2.28. The molecule has 20 heavy (non-hydrogen) atoms. The van der Waals surface area contributed by atoms with Crippen LogP contribution in [0.15, 0.2) is 0 Å². The smallest absolute Gasteiger partial charge is 0.326 e. The standard InChI is InChI=1S/C15H28N2O3/c1-10(2)8-13(14(18)19)16-15(20)17(4)12-7-5-6-11(3)9-12/h10-13H,5-9H2,1-4H3,(H,16,20)(H,18,19)/t11?,12?,13-/m1/s1. The lowest BCUT2D eigenvalue weighted by atomic mass is 9.86. The summed E-state index contributed by atoms with van der Waals surface area (Å²) in [6.07, 6.45) is 4.83. The minimum Gasteiger partial charge on any atom is -0.480 e. The normalized spacial score (nSPS) is 24.2. The molecule has 1 saturated carbocycles. The zero-order valence-electron chi connectivity index (χ0n) is 13.1. The Morgan fingerprint density at radius 1 is 1.35 bits per heavy atom. The van der Waals surface area contributed by atoms with E-state index in [1.807, 2.05) is 13.8 Å². The Bertz CT molecular complexity index is 344. The molecule has 5 nitrogen and oxygen atoms in total. The number of aliphatic carboxylic acids is 1. The van der Waals surface area contributed by atoms with Gasteiger partial charge in [0.1, 0.15) is 6.04 Å². The first kappa shape index (κ1) is 16.8. The molecular formula is C15H28N2O3. The minimum atomic E-state index is -0.961. The van der Waals surface area contributed by atoms with Crippen LogP contribution in [0.4, 0.5) is 4.79 Å². The molecule has 0 aliphatic heterocycles. The zero-order valence-corrected chi connectivity index (χ0v) is 13.1. The van der Waals surface area contributed by atoms with Gasteiger partial charge in [-0.15, -0.1) is 0 Å². The molecule has 2 amide bonds. The van der Waals surface area contributed by atoms with Gasteiger partial charge in [0.2, 0.25) is 0 Å². The summed E-state index contributed by atoms with van der Waals surface area (Å²) < 4.78 is 0. The fourth-order valence-electron chi connectivity index (χ4n) is 2.86. The third-order valence-corrected chi connectivity index (χ3v) is 4.08. The largest absolute Gasteiger partial charge is 0.480 e. The molecule has 0 saturated heterocycles. The van der Waals surface area contributed by atoms with Crippen molar-refractivity contribution in [1.82, 2.24) is 10.2 Å². The van der Waals surface area contributed by atoms with Crippen LogP contribution in [-0.2, 0) is 4.79 Å². The van der Waals surface area contributed by atoms with E-state index in [9.17, 15) is 14.7 Å². The van der Waals surface area contributed by atoms with E-state index in [4.69, 9.17) is 0 Å². The summed E-state index contributed by atoms with van der Waals surface area (Å²) in [7, 11) is 1.77. The van der Waals surface area contributed by atoms with Crippen LogP contribution < -0.4 is 5.32 Å². The average Bonchev–Trinajstić information content (AvgIpc) is 2.36. The number of carboxylic acid groups (broad SMARTS) is 1. The van der Waals surface area contributed by atoms with Gasteiger partial charge in [-0.3, -0.25) is 0 Å². The zero-order chi connectivity index (χ0) is 15.3. The van der Waals surface area contributed by atoms with Gasteiger partial charge in [0.25, 0.3) is 0 Å². The molecule has 0 radical (unpaired) electrons. The second kappa shape index (κ2) is 7.50. The molecular weight excluding hydrogens is 256 g/mol. The van der Waals surface area contributed by atoms with E-state index >= 15 is 0 Å². The first-order valence-corrected chi connectivity index (χ1v) is 7.57. The van der Waals surface area contributed by atoms with Crippen LogP contribution in [0, 0.1) is 11.8 Å². The summed E-state index contributed by atoms with van der Waals surface area (Å²) in [5.74, 6) is -0.0937. The highest BCUT2D eigenvalue weighted by Crippen LogP contribution is 2.26. The summed E-state index contributed by atoms with van der Waals surface area (Å²) >= 11 is 0.